The highest BCUT2D eigenvalue weighted by atomic mass is 15.2. The maximum atomic E-state index is 5.04. The summed E-state index contributed by atoms with van der Waals surface area (Å²) in [6.07, 6.45) is -0.242. The summed E-state index contributed by atoms with van der Waals surface area (Å²) in [5.74, 6) is 1.53. The monoisotopic (exact) mass is 831 g/mol. The highest BCUT2D eigenvalue weighted by Gasteiger charge is 2.35. The number of hydrogen-bond donors (Lipinski definition) is 1. The molecule has 3 nitrogen and oxygen atoms in total. The first-order valence-corrected chi connectivity index (χ1v) is 22.5. The molecule has 0 bridgehead atoms. The van der Waals surface area contributed by atoms with Gasteiger partial charge in [-0.3, -0.25) is 0 Å². The van der Waals surface area contributed by atoms with Crippen molar-refractivity contribution in [3.05, 3.63) is 252 Å². The van der Waals surface area contributed by atoms with Gasteiger partial charge in [-0.2, -0.15) is 0 Å². The maximum Gasteiger partial charge on any atom is 0.159 e. The van der Waals surface area contributed by atoms with E-state index in [-0.39, 0.29) is 11.6 Å². The van der Waals surface area contributed by atoms with Crippen molar-refractivity contribution in [1.29, 1.82) is 0 Å². The third kappa shape index (κ3) is 6.67. The minimum absolute atomic E-state index is 0.0273. The second kappa shape index (κ2) is 15.6. The topological polar surface area (TPSA) is 36.8 Å². The summed E-state index contributed by atoms with van der Waals surface area (Å²) < 4.78 is 0. The van der Waals surface area contributed by atoms with E-state index in [1.807, 2.05) is 24.3 Å². The molecule has 0 fully saturated rings. The van der Waals surface area contributed by atoms with Gasteiger partial charge in [-0.05, 0) is 99.9 Å². The number of aliphatic imine (C=N–C) groups is 2. The first-order valence-electron chi connectivity index (χ1n) is 22.5. The van der Waals surface area contributed by atoms with Crippen LogP contribution in [-0.4, -0.2) is 11.7 Å². The zero-order valence-electron chi connectivity index (χ0n) is 36.3. The second-order valence-electron chi connectivity index (χ2n) is 17.7. The Kier molecular flexibility index (Phi) is 9.24. The molecule has 1 atom stereocenters. The third-order valence-electron chi connectivity index (χ3n) is 13.6. The van der Waals surface area contributed by atoms with E-state index in [0.717, 1.165) is 33.9 Å². The molecule has 0 saturated carbocycles. The van der Waals surface area contributed by atoms with Gasteiger partial charge in [0, 0.05) is 16.5 Å². The van der Waals surface area contributed by atoms with E-state index in [9.17, 15) is 0 Å². The fraction of sp³-hybridized carbons (Fsp3) is 0.0645. The predicted molar refractivity (Wildman–Crippen MR) is 273 cm³/mol. The molecule has 0 amide bonds. The van der Waals surface area contributed by atoms with Crippen LogP contribution in [0.1, 0.15) is 47.8 Å². The van der Waals surface area contributed by atoms with Crippen molar-refractivity contribution in [2.24, 2.45) is 9.98 Å². The number of hydrogen-bond acceptors (Lipinski definition) is 3. The Hall–Kier alpha value is -8.14. The van der Waals surface area contributed by atoms with Crippen molar-refractivity contribution in [2.75, 3.05) is 0 Å². The average molecular weight is 832 g/mol. The number of fused-ring (bicyclic) bond motifs is 5. The lowest BCUT2D eigenvalue weighted by Gasteiger charge is -2.23. The van der Waals surface area contributed by atoms with Gasteiger partial charge in [0.15, 0.2) is 5.84 Å². The van der Waals surface area contributed by atoms with Gasteiger partial charge in [-0.15, -0.1) is 0 Å². The van der Waals surface area contributed by atoms with E-state index in [2.05, 4.69) is 219 Å². The van der Waals surface area contributed by atoms with Gasteiger partial charge in [-0.1, -0.05) is 232 Å². The predicted octanol–water partition coefficient (Wildman–Crippen LogP) is 15.5. The molecule has 10 aromatic carbocycles. The number of rotatable bonds is 7. The zero-order valence-corrected chi connectivity index (χ0v) is 36.3. The van der Waals surface area contributed by atoms with Gasteiger partial charge in [-0.25, -0.2) is 9.98 Å². The van der Waals surface area contributed by atoms with Gasteiger partial charge < -0.3 is 5.32 Å². The minimum atomic E-state index is -0.242. The molecule has 308 valence electrons. The summed E-state index contributed by atoms with van der Waals surface area (Å²) >= 11 is 0. The molecular formula is C62H45N3. The van der Waals surface area contributed by atoms with Crippen molar-refractivity contribution in [3.63, 3.8) is 0 Å². The summed E-state index contributed by atoms with van der Waals surface area (Å²) in [5.41, 5.74) is 18.3. The Balaban J connectivity index is 0.860. The Morgan fingerprint density at radius 3 is 1.42 bits per heavy atom. The van der Waals surface area contributed by atoms with Crippen LogP contribution < -0.4 is 5.32 Å². The van der Waals surface area contributed by atoms with Gasteiger partial charge in [0.05, 0.1) is 0 Å². The second-order valence-corrected chi connectivity index (χ2v) is 17.7. The molecule has 1 N–H and O–H groups in total. The molecule has 1 unspecified atom stereocenters. The summed E-state index contributed by atoms with van der Waals surface area (Å²) in [5, 5.41) is 8.54. The van der Waals surface area contributed by atoms with Crippen LogP contribution in [0.25, 0.3) is 77.2 Å². The molecule has 0 aromatic heterocycles. The quantitative estimate of drug-likeness (QED) is 0.171. The largest absolute Gasteiger partial charge is 0.344 e. The number of benzene rings is 10. The highest BCUT2D eigenvalue weighted by Crippen LogP contribution is 2.50. The number of nitrogens with zero attached hydrogens (tertiary/aromatic N) is 2. The van der Waals surface area contributed by atoms with Gasteiger partial charge in [0.1, 0.15) is 12.0 Å². The first-order chi connectivity index (χ1) is 32.0. The molecule has 1 aliphatic heterocycles. The summed E-state index contributed by atoms with van der Waals surface area (Å²) in [6, 6.07) is 81.2. The van der Waals surface area contributed by atoms with Crippen LogP contribution in [0.4, 0.5) is 0 Å². The number of nitrogens with one attached hydrogen (secondary N) is 1. The van der Waals surface area contributed by atoms with Crippen molar-refractivity contribution in [2.45, 2.75) is 25.4 Å². The SMILES string of the molecule is CC1(C)c2ccccc2-c2ccc(-c3ccc(-c4ccc(-c5ccc(-c6ccc(C7=NC(c8ccccc8)=NC(c8ccccc8)N7)cc6)c6ccccc56)c5ccccc45)cc3)cc21. The van der Waals surface area contributed by atoms with Crippen LogP contribution in [-0.2, 0) is 5.41 Å². The molecule has 65 heavy (non-hydrogen) atoms. The number of amidine groups is 2. The van der Waals surface area contributed by atoms with Crippen LogP contribution >= 0.6 is 0 Å². The fourth-order valence-corrected chi connectivity index (χ4v) is 10.2. The van der Waals surface area contributed by atoms with Crippen molar-refractivity contribution in [1.82, 2.24) is 5.32 Å². The van der Waals surface area contributed by atoms with Gasteiger partial charge in [0.25, 0.3) is 0 Å². The highest BCUT2D eigenvalue weighted by molar-refractivity contribution is 6.14. The third-order valence-corrected chi connectivity index (χ3v) is 13.6. The maximum absolute atomic E-state index is 5.04. The molecule has 12 rings (SSSR count). The van der Waals surface area contributed by atoms with E-state index in [1.54, 1.807) is 0 Å². The Morgan fingerprint density at radius 2 is 0.800 bits per heavy atom. The molecule has 1 heterocycles. The van der Waals surface area contributed by atoms with Crippen LogP contribution in [0, 0.1) is 0 Å². The van der Waals surface area contributed by atoms with E-state index < -0.39 is 0 Å². The van der Waals surface area contributed by atoms with E-state index in [4.69, 9.17) is 9.98 Å². The van der Waals surface area contributed by atoms with Crippen molar-refractivity contribution >= 4 is 33.2 Å². The molecule has 3 heteroatoms. The van der Waals surface area contributed by atoms with Gasteiger partial charge >= 0.3 is 0 Å². The zero-order chi connectivity index (χ0) is 43.5. The van der Waals surface area contributed by atoms with E-state index >= 15 is 0 Å². The Bertz CT molecular complexity index is 3510. The fourth-order valence-electron chi connectivity index (χ4n) is 10.2. The van der Waals surface area contributed by atoms with Crippen LogP contribution in [0.2, 0.25) is 0 Å². The lowest BCUT2D eigenvalue weighted by atomic mass is 9.81. The molecule has 1 aliphatic carbocycles. The molecule has 10 aromatic rings. The molecular weight excluding hydrogens is 787 g/mol. The lowest BCUT2D eigenvalue weighted by Crippen LogP contribution is -2.33. The van der Waals surface area contributed by atoms with Crippen LogP contribution in [0.3, 0.4) is 0 Å². The molecule has 0 saturated heterocycles. The Labute approximate surface area is 380 Å². The van der Waals surface area contributed by atoms with E-state index in [1.165, 1.54) is 82.7 Å². The van der Waals surface area contributed by atoms with Gasteiger partial charge in [0.2, 0.25) is 0 Å². The van der Waals surface area contributed by atoms with Crippen molar-refractivity contribution < 1.29 is 0 Å². The van der Waals surface area contributed by atoms with E-state index in [0.29, 0.717) is 0 Å². The summed E-state index contributed by atoms with van der Waals surface area (Å²) in [6.45, 7) is 4.69. The van der Waals surface area contributed by atoms with Crippen LogP contribution in [0.5, 0.6) is 0 Å². The average Bonchev–Trinajstić information content (AvgIpc) is 3.61. The summed E-state index contributed by atoms with van der Waals surface area (Å²) in [7, 11) is 0. The first kappa shape index (κ1) is 38.5. The molecule has 0 spiro atoms. The summed E-state index contributed by atoms with van der Waals surface area (Å²) in [4.78, 5) is 10.1. The molecule has 2 aliphatic rings. The lowest BCUT2D eigenvalue weighted by molar-refractivity contribution is 0.660. The minimum Gasteiger partial charge on any atom is -0.344 e. The Morgan fingerprint density at radius 1 is 0.354 bits per heavy atom. The molecule has 0 radical (unpaired) electrons. The standard InChI is InChI=1S/C62H45N3/c1-62(2)57-24-14-13-23-55(57)56-34-33-46(39-58(56)62)40-25-27-41(28-26-40)47-35-37-53(51-21-11-9-19-49(47)51)54-38-36-48(50-20-10-12-22-52(50)54)42-29-31-45(32-30-42)61-64-59(43-15-5-3-6-16-43)63-60(65-61)44-17-7-4-8-18-44/h3-39,59H,1-2H3,(H,63,64,65). The smallest absolute Gasteiger partial charge is 0.159 e. The van der Waals surface area contributed by atoms with Crippen molar-refractivity contribution in [3.8, 4) is 55.6 Å². The normalized spacial score (nSPS) is 14.9. The van der Waals surface area contributed by atoms with Crippen LogP contribution in [0.15, 0.2) is 234 Å².